The highest BCUT2D eigenvalue weighted by Gasteiger charge is 2.11. The Morgan fingerprint density at radius 1 is 1.33 bits per heavy atom. The average Bonchev–Trinajstić information content (AvgIpc) is 3.06. The van der Waals surface area contributed by atoms with E-state index in [1.165, 1.54) is 0 Å². The molecule has 1 N–H and O–H groups in total. The van der Waals surface area contributed by atoms with Crippen LogP contribution in [-0.2, 0) is 0 Å². The van der Waals surface area contributed by atoms with Crippen molar-refractivity contribution >= 4 is 34.4 Å². The van der Waals surface area contributed by atoms with E-state index in [9.17, 15) is 0 Å². The Kier molecular flexibility index (Phi) is 6.20. The van der Waals surface area contributed by atoms with Gasteiger partial charge in [-0.2, -0.15) is 14.9 Å². The smallest absolute Gasteiger partial charge is 0.216 e. The van der Waals surface area contributed by atoms with Gasteiger partial charge in [-0.3, -0.25) is 0 Å². The molecule has 0 saturated carbocycles. The average molecular weight is 445 g/mol. The van der Waals surface area contributed by atoms with E-state index in [1.54, 1.807) is 24.1 Å². The number of methoxy groups -OCH3 is 1. The van der Waals surface area contributed by atoms with Crippen LogP contribution in [0.2, 0.25) is 0 Å². The largest absolute Gasteiger partial charge is 0.493 e. The standard InChI is InChI=1S/C19H17BrN4O2S/c1-3-9-26-17-15(20)10-13(11-16(17)25-2)12-21-24-18(22-23-19(24)27)14-7-5-4-6-8-14/h3-8,10-12H,1,9H2,2H3,(H,23,27)/b21-12-. The van der Waals surface area contributed by atoms with Crippen molar-refractivity contribution in [3.63, 3.8) is 0 Å². The zero-order chi connectivity index (χ0) is 19.2. The molecule has 0 fully saturated rings. The Labute approximate surface area is 170 Å². The number of nitrogens with one attached hydrogen (secondary N) is 1. The van der Waals surface area contributed by atoms with Gasteiger partial charge in [0.15, 0.2) is 17.3 Å². The van der Waals surface area contributed by atoms with Gasteiger partial charge in [0, 0.05) is 5.56 Å². The van der Waals surface area contributed by atoms with E-state index in [2.05, 4.69) is 37.8 Å². The first kappa shape index (κ1) is 19.1. The summed E-state index contributed by atoms with van der Waals surface area (Å²) in [5.74, 6) is 1.83. The molecule has 138 valence electrons. The number of rotatable bonds is 7. The van der Waals surface area contributed by atoms with Gasteiger partial charge in [0.2, 0.25) is 4.77 Å². The Bertz CT molecular complexity index is 1030. The molecule has 0 aliphatic carbocycles. The lowest BCUT2D eigenvalue weighted by atomic mass is 10.2. The predicted molar refractivity (Wildman–Crippen MR) is 112 cm³/mol. The number of hydrogen-bond acceptors (Lipinski definition) is 5. The molecule has 8 heteroatoms. The molecule has 0 amide bonds. The van der Waals surface area contributed by atoms with E-state index in [-0.39, 0.29) is 0 Å². The molecule has 6 nitrogen and oxygen atoms in total. The number of hydrogen-bond donors (Lipinski definition) is 1. The maximum Gasteiger partial charge on any atom is 0.216 e. The molecular weight excluding hydrogens is 428 g/mol. The number of H-pyrrole nitrogens is 1. The van der Waals surface area contributed by atoms with Crippen molar-refractivity contribution in [2.24, 2.45) is 5.10 Å². The maximum atomic E-state index is 5.64. The summed E-state index contributed by atoms with van der Waals surface area (Å²) in [5, 5.41) is 11.5. The summed E-state index contributed by atoms with van der Waals surface area (Å²) >= 11 is 8.81. The summed E-state index contributed by atoms with van der Waals surface area (Å²) in [4.78, 5) is 0. The van der Waals surface area contributed by atoms with Crippen LogP contribution in [0.25, 0.3) is 11.4 Å². The number of aromatic nitrogens is 3. The molecular formula is C19H17BrN4O2S. The van der Waals surface area contributed by atoms with Crippen molar-refractivity contribution in [1.82, 2.24) is 14.9 Å². The van der Waals surface area contributed by atoms with Gasteiger partial charge < -0.3 is 9.47 Å². The molecule has 0 spiro atoms. The molecule has 0 atom stereocenters. The van der Waals surface area contributed by atoms with Gasteiger partial charge >= 0.3 is 0 Å². The fourth-order valence-electron chi connectivity index (χ4n) is 2.39. The number of nitrogens with zero attached hydrogens (tertiary/aromatic N) is 3. The van der Waals surface area contributed by atoms with Gasteiger partial charge in [0.1, 0.15) is 6.61 Å². The van der Waals surface area contributed by atoms with Crippen LogP contribution in [0, 0.1) is 4.77 Å². The highest BCUT2D eigenvalue weighted by Crippen LogP contribution is 2.36. The Balaban J connectivity index is 1.96. The lowest BCUT2D eigenvalue weighted by molar-refractivity contribution is 0.324. The van der Waals surface area contributed by atoms with Crippen molar-refractivity contribution in [2.45, 2.75) is 0 Å². The van der Waals surface area contributed by atoms with Crippen molar-refractivity contribution in [3.05, 3.63) is 69.9 Å². The topological polar surface area (TPSA) is 64.4 Å². The second kappa shape index (κ2) is 8.79. The molecule has 27 heavy (non-hydrogen) atoms. The molecule has 0 aliphatic rings. The summed E-state index contributed by atoms with van der Waals surface area (Å²) in [6.45, 7) is 4.04. The number of benzene rings is 2. The summed E-state index contributed by atoms with van der Waals surface area (Å²) in [6.07, 6.45) is 3.36. The minimum atomic E-state index is 0.382. The molecule has 1 aromatic heterocycles. The zero-order valence-corrected chi connectivity index (χ0v) is 17.0. The fraction of sp³-hybridized carbons (Fsp3) is 0.105. The third-order valence-corrected chi connectivity index (χ3v) is 4.46. The summed E-state index contributed by atoms with van der Waals surface area (Å²) in [5.41, 5.74) is 1.72. The summed E-state index contributed by atoms with van der Waals surface area (Å²) in [6, 6.07) is 13.4. The van der Waals surface area contributed by atoms with Gasteiger partial charge in [-0.1, -0.05) is 43.0 Å². The van der Waals surface area contributed by atoms with Crippen LogP contribution in [0.3, 0.4) is 0 Å². The van der Waals surface area contributed by atoms with Gasteiger partial charge in [0.25, 0.3) is 0 Å². The van der Waals surface area contributed by atoms with Crippen LogP contribution in [0.1, 0.15) is 5.56 Å². The lowest BCUT2D eigenvalue weighted by Gasteiger charge is -2.12. The van der Waals surface area contributed by atoms with Gasteiger partial charge in [0.05, 0.1) is 17.8 Å². The van der Waals surface area contributed by atoms with E-state index in [1.807, 2.05) is 42.5 Å². The van der Waals surface area contributed by atoms with Crippen LogP contribution >= 0.6 is 28.1 Å². The monoisotopic (exact) mass is 444 g/mol. The summed E-state index contributed by atoms with van der Waals surface area (Å²) in [7, 11) is 1.59. The van der Waals surface area contributed by atoms with Crippen molar-refractivity contribution in [1.29, 1.82) is 0 Å². The first-order chi connectivity index (χ1) is 13.1. The van der Waals surface area contributed by atoms with E-state index in [0.29, 0.717) is 28.7 Å². The van der Waals surface area contributed by atoms with E-state index in [4.69, 9.17) is 21.7 Å². The minimum Gasteiger partial charge on any atom is -0.493 e. The number of ether oxygens (including phenoxy) is 2. The molecule has 3 aromatic rings. The van der Waals surface area contributed by atoms with Crippen LogP contribution in [0.5, 0.6) is 11.5 Å². The molecule has 2 aromatic carbocycles. The fourth-order valence-corrected chi connectivity index (χ4v) is 3.15. The number of aromatic amines is 1. The minimum absolute atomic E-state index is 0.382. The van der Waals surface area contributed by atoms with Crippen LogP contribution in [0.4, 0.5) is 0 Å². The number of halogens is 1. The van der Waals surface area contributed by atoms with Gasteiger partial charge in [-0.15, -0.1) is 0 Å². The highest BCUT2D eigenvalue weighted by atomic mass is 79.9. The molecule has 1 heterocycles. The van der Waals surface area contributed by atoms with Crippen molar-refractivity contribution in [2.75, 3.05) is 13.7 Å². The molecule has 0 bridgehead atoms. The SMILES string of the molecule is C=CCOc1c(Br)cc(/C=N\n2c(-c3ccccc3)n[nH]c2=S)cc1OC. The lowest BCUT2D eigenvalue weighted by Crippen LogP contribution is -1.99. The first-order valence-corrected chi connectivity index (χ1v) is 9.22. The van der Waals surface area contributed by atoms with Crippen molar-refractivity contribution in [3.8, 4) is 22.9 Å². The Morgan fingerprint density at radius 3 is 2.81 bits per heavy atom. The van der Waals surface area contributed by atoms with Crippen molar-refractivity contribution < 1.29 is 9.47 Å². The van der Waals surface area contributed by atoms with Crippen LogP contribution in [0.15, 0.2) is 64.7 Å². The molecule has 0 radical (unpaired) electrons. The van der Waals surface area contributed by atoms with Gasteiger partial charge in [-0.25, -0.2) is 5.10 Å². The Hall–Kier alpha value is -2.71. The van der Waals surface area contributed by atoms with Crippen LogP contribution < -0.4 is 9.47 Å². The van der Waals surface area contributed by atoms with Crippen LogP contribution in [-0.4, -0.2) is 34.8 Å². The molecule has 3 rings (SSSR count). The van der Waals surface area contributed by atoms with E-state index in [0.717, 1.165) is 15.6 Å². The van der Waals surface area contributed by atoms with E-state index >= 15 is 0 Å². The quantitative estimate of drug-likeness (QED) is 0.322. The zero-order valence-electron chi connectivity index (χ0n) is 14.6. The highest BCUT2D eigenvalue weighted by molar-refractivity contribution is 9.10. The first-order valence-electron chi connectivity index (χ1n) is 8.02. The second-order valence-electron chi connectivity index (χ2n) is 5.41. The van der Waals surface area contributed by atoms with Gasteiger partial charge in [-0.05, 0) is 45.8 Å². The van der Waals surface area contributed by atoms with E-state index < -0.39 is 0 Å². The molecule has 0 aliphatic heterocycles. The summed E-state index contributed by atoms with van der Waals surface area (Å²) < 4.78 is 13.8. The normalized spacial score (nSPS) is 10.9. The second-order valence-corrected chi connectivity index (χ2v) is 6.65. The third-order valence-electron chi connectivity index (χ3n) is 3.60. The third kappa shape index (κ3) is 4.35. The molecule has 0 unspecified atom stereocenters. The molecule has 0 saturated heterocycles. The Morgan fingerprint density at radius 2 is 2.11 bits per heavy atom. The predicted octanol–water partition coefficient (Wildman–Crippen LogP) is 4.83. The maximum absolute atomic E-state index is 5.64.